The van der Waals surface area contributed by atoms with E-state index >= 15 is 0 Å². The summed E-state index contributed by atoms with van der Waals surface area (Å²) in [6.07, 6.45) is 1.75. The third-order valence-electron chi connectivity index (χ3n) is 3.23. The standard InChI is InChI=1S/C14H18N4O/c1-10-12(9-17-18(10)2)8-16-14(19)13(15)11-6-4-3-5-7-11/h3-7,9,13H,8,15H2,1-2H3,(H,16,19). The van der Waals surface area contributed by atoms with Gasteiger partial charge in [0.15, 0.2) is 0 Å². The normalized spacial score (nSPS) is 12.2. The van der Waals surface area contributed by atoms with E-state index in [9.17, 15) is 4.79 Å². The number of hydrogen-bond acceptors (Lipinski definition) is 3. The summed E-state index contributed by atoms with van der Waals surface area (Å²) in [6, 6.07) is 8.69. The average Bonchev–Trinajstić information content (AvgIpc) is 2.76. The summed E-state index contributed by atoms with van der Waals surface area (Å²) >= 11 is 0. The Kier molecular flexibility index (Phi) is 3.97. The molecule has 2 aromatic rings. The van der Waals surface area contributed by atoms with Gasteiger partial charge in [0.05, 0.1) is 6.20 Å². The van der Waals surface area contributed by atoms with Crippen LogP contribution in [0.15, 0.2) is 36.5 Å². The summed E-state index contributed by atoms with van der Waals surface area (Å²) in [5.41, 5.74) is 8.75. The van der Waals surface area contributed by atoms with Gasteiger partial charge in [-0.3, -0.25) is 9.48 Å². The number of aryl methyl sites for hydroxylation is 1. The van der Waals surface area contributed by atoms with Crippen molar-refractivity contribution in [3.05, 3.63) is 53.3 Å². The molecular formula is C14H18N4O. The minimum atomic E-state index is -0.641. The quantitative estimate of drug-likeness (QED) is 0.860. The van der Waals surface area contributed by atoms with Crippen LogP contribution in [0.3, 0.4) is 0 Å². The second kappa shape index (κ2) is 5.67. The second-order valence-electron chi connectivity index (χ2n) is 4.48. The van der Waals surface area contributed by atoms with Gasteiger partial charge in [0.1, 0.15) is 6.04 Å². The first-order chi connectivity index (χ1) is 9.09. The van der Waals surface area contributed by atoms with E-state index in [1.54, 1.807) is 10.9 Å². The molecule has 1 atom stereocenters. The predicted molar refractivity (Wildman–Crippen MR) is 73.2 cm³/mol. The van der Waals surface area contributed by atoms with Crippen molar-refractivity contribution in [1.29, 1.82) is 0 Å². The maximum absolute atomic E-state index is 12.0. The number of nitrogens with one attached hydrogen (secondary N) is 1. The molecule has 3 N–H and O–H groups in total. The number of hydrogen-bond donors (Lipinski definition) is 2. The fraction of sp³-hybridized carbons (Fsp3) is 0.286. The number of nitrogens with two attached hydrogens (primary N) is 1. The first-order valence-electron chi connectivity index (χ1n) is 6.15. The lowest BCUT2D eigenvalue weighted by molar-refractivity contribution is -0.122. The minimum Gasteiger partial charge on any atom is -0.350 e. The van der Waals surface area contributed by atoms with Crippen molar-refractivity contribution >= 4 is 5.91 Å². The SMILES string of the molecule is Cc1c(CNC(=O)C(N)c2ccccc2)cnn1C. The number of aromatic nitrogens is 2. The van der Waals surface area contributed by atoms with E-state index in [1.807, 2.05) is 44.3 Å². The molecule has 5 nitrogen and oxygen atoms in total. The highest BCUT2D eigenvalue weighted by molar-refractivity contribution is 5.82. The van der Waals surface area contributed by atoms with E-state index in [0.717, 1.165) is 16.8 Å². The monoisotopic (exact) mass is 258 g/mol. The number of carbonyl (C=O) groups is 1. The first-order valence-corrected chi connectivity index (χ1v) is 6.15. The molecule has 0 saturated heterocycles. The lowest BCUT2D eigenvalue weighted by atomic mass is 10.1. The zero-order valence-corrected chi connectivity index (χ0v) is 11.1. The van der Waals surface area contributed by atoms with Crippen LogP contribution in [-0.2, 0) is 18.4 Å². The Morgan fingerprint density at radius 1 is 1.42 bits per heavy atom. The van der Waals surface area contributed by atoms with Crippen LogP contribution in [0, 0.1) is 6.92 Å². The summed E-state index contributed by atoms with van der Waals surface area (Å²) in [6.45, 7) is 2.41. The molecular weight excluding hydrogens is 240 g/mol. The van der Waals surface area contributed by atoms with Crippen molar-refractivity contribution in [2.45, 2.75) is 19.5 Å². The molecule has 0 aliphatic carbocycles. The molecule has 0 saturated carbocycles. The lowest BCUT2D eigenvalue weighted by Gasteiger charge is -2.12. The van der Waals surface area contributed by atoms with Gasteiger partial charge in [0, 0.05) is 24.8 Å². The smallest absolute Gasteiger partial charge is 0.241 e. The Labute approximate surface area is 112 Å². The summed E-state index contributed by atoms with van der Waals surface area (Å²) in [7, 11) is 1.87. The highest BCUT2D eigenvalue weighted by Gasteiger charge is 2.15. The van der Waals surface area contributed by atoms with Crippen LogP contribution >= 0.6 is 0 Å². The molecule has 0 radical (unpaired) electrons. The molecule has 0 aliphatic rings. The summed E-state index contributed by atoms with van der Waals surface area (Å²) in [5, 5.41) is 6.97. The maximum atomic E-state index is 12.0. The Morgan fingerprint density at radius 2 is 2.11 bits per heavy atom. The number of amides is 1. The molecule has 1 heterocycles. The fourth-order valence-electron chi connectivity index (χ4n) is 1.82. The van der Waals surface area contributed by atoms with E-state index in [2.05, 4.69) is 10.4 Å². The topological polar surface area (TPSA) is 72.9 Å². The zero-order chi connectivity index (χ0) is 13.8. The largest absolute Gasteiger partial charge is 0.350 e. The van der Waals surface area contributed by atoms with E-state index in [-0.39, 0.29) is 5.91 Å². The summed E-state index contributed by atoms with van der Waals surface area (Å²) in [5.74, 6) is -0.186. The molecule has 0 spiro atoms. The molecule has 100 valence electrons. The van der Waals surface area contributed by atoms with Crippen LogP contribution in [0.2, 0.25) is 0 Å². The predicted octanol–water partition coefficient (Wildman–Crippen LogP) is 1.04. The van der Waals surface area contributed by atoms with Crippen molar-refractivity contribution in [3.8, 4) is 0 Å². The summed E-state index contributed by atoms with van der Waals surface area (Å²) < 4.78 is 1.78. The molecule has 1 amide bonds. The second-order valence-corrected chi connectivity index (χ2v) is 4.48. The van der Waals surface area contributed by atoms with Crippen molar-refractivity contribution in [2.24, 2.45) is 12.8 Å². The minimum absolute atomic E-state index is 0.186. The molecule has 0 bridgehead atoms. The van der Waals surface area contributed by atoms with Crippen LogP contribution in [0.4, 0.5) is 0 Å². The van der Waals surface area contributed by atoms with Gasteiger partial charge >= 0.3 is 0 Å². The van der Waals surface area contributed by atoms with Crippen molar-refractivity contribution < 1.29 is 4.79 Å². The molecule has 1 aromatic heterocycles. The summed E-state index contributed by atoms with van der Waals surface area (Å²) in [4.78, 5) is 12.0. The molecule has 0 fully saturated rings. The van der Waals surface area contributed by atoms with Gasteiger partial charge in [-0.1, -0.05) is 30.3 Å². The molecule has 2 rings (SSSR count). The number of carbonyl (C=O) groups excluding carboxylic acids is 1. The Hall–Kier alpha value is -2.14. The van der Waals surface area contributed by atoms with Crippen molar-refractivity contribution in [1.82, 2.24) is 15.1 Å². The van der Waals surface area contributed by atoms with Gasteiger partial charge in [-0.05, 0) is 12.5 Å². The Morgan fingerprint density at radius 3 is 2.68 bits per heavy atom. The van der Waals surface area contributed by atoms with E-state index in [1.165, 1.54) is 0 Å². The fourth-order valence-corrected chi connectivity index (χ4v) is 1.82. The third kappa shape index (κ3) is 3.00. The van der Waals surface area contributed by atoms with Gasteiger partial charge in [0.2, 0.25) is 5.91 Å². The number of benzene rings is 1. The number of rotatable bonds is 4. The maximum Gasteiger partial charge on any atom is 0.241 e. The van der Waals surface area contributed by atoms with Gasteiger partial charge in [-0.2, -0.15) is 5.10 Å². The van der Waals surface area contributed by atoms with Crippen LogP contribution < -0.4 is 11.1 Å². The van der Waals surface area contributed by atoms with E-state index in [0.29, 0.717) is 6.54 Å². The van der Waals surface area contributed by atoms with E-state index in [4.69, 9.17) is 5.73 Å². The molecule has 1 aromatic carbocycles. The number of nitrogens with zero attached hydrogens (tertiary/aromatic N) is 2. The van der Waals surface area contributed by atoms with E-state index < -0.39 is 6.04 Å². The third-order valence-corrected chi connectivity index (χ3v) is 3.23. The average molecular weight is 258 g/mol. The lowest BCUT2D eigenvalue weighted by Crippen LogP contribution is -2.33. The Balaban J connectivity index is 1.97. The van der Waals surface area contributed by atoms with Gasteiger partial charge in [0.25, 0.3) is 0 Å². The molecule has 19 heavy (non-hydrogen) atoms. The molecule has 1 unspecified atom stereocenters. The van der Waals surface area contributed by atoms with Gasteiger partial charge in [-0.25, -0.2) is 0 Å². The highest BCUT2D eigenvalue weighted by Crippen LogP contribution is 2.10. The van der Waals surface area contributed by atoms with Gasteiger partial charge in [-0.15, -0.1) is 0 Å². The van der Waals surface area contributed by atoms with Crippen LogP contribution in [0.25, 0.3) is 0 Å². The van der Waals surface area contributed by atoms with Crippen molar-refractivity contribution in [3.63, 3.8) is 0 Å². The molecule has 5 heteroatoms. The Bertz CT molecular complexity index is 562. The molecule has 0 aliphatic heterocycles. The highest BCUT2D eigenvalue weighted by atomic mass is 16.2. The van der Waals surface area contributed by atoms with Crippen molar-refractivity contribution in [2.75, 3.05) is 0 Å². The van der Waals surface area contributed by atoms with Crippen LogP contribution in [0.5, 0.6) is 0 Å². The van der Waals surface area contributed by atoms with Crippen LogP contribution in [-0.4, -0.2) is 15.7 Å². The first kappa shape index (κ1) is 13.3. The van der Waals surface area contributed by atoms with Gasteiger partial charge < -0.3 is 11.1 Å². The van der Waals surface area contributed by atoms with Crippen LogP contribution in [0.1, 0.15) is 22.9 Å². The zero-order valence-electron chi connectivity index (χ0n) is 11.1.